The lowest BCUT2D eigenvalue weighted by Crippen LogP contribution is -2.59. The van der Waals surface area contributed by atoms with E-state index in [1.54, 1.807) is 13.1 Å². The summed E-state index contributed by atoms with van der Waals surface area (Å²) in [6.45, 7) is 19.0. The SMILES string of the molecule is [C-]#[N+]c1ccc2c(n1)c(N1C[C@@H](CC)N(C(C)c3ccc(CN4CCC(OC)CC4)cc3)C[C@@H]1CC)nc(=O)n2C. The van der Waals surface area contributed by atoms with Gasteiger partial charge in [-0.2, -0.15) is 4.98 Å². The summed E-state index contributed by atoms with van der Waals surface area (Å²) in [4.78, 5) is 32.9. The monoisotopic (exact) mass is 557 g/mol. The van der Waals surface area contributed by atoms with Crippen molar-refractivity contribution in [3.05, 3.63) is 69.4 Å². The third kappa shape index (κ3) is 6.01. The lowest BCUT2D eigenvalue weighted by atomic mass is 9.96. The normalized spacial score (nSPS) is 21.7. The van der Waals surface area contributed by atoms with Gasteiger partial charge in [0.1, 0.15) is 0 Å². The number of piperazine rings is 1. The van der Waals surface area contributed by atoms with Crippen molar-refractivity contribution in [3.63, 3.8) is 0 Å². The predicted octanol–water partition coefficient (Wildman–Crippen LogP) is 4.93. The van der Waals surface area contributed by atoms with E-state index >= 15 is 0 Å². The van der Waals surface area contributed by atoms with Crippen LogP contribution in [0.3, 0.4) is 0 Å². The Kier molecular flexibility index (Phi) is 9.03. The van der Waals surface area contributed by atoms with Gasteiger partial charge in [0, 0.05) is 65.0 Å². The molecule has 4 heterocycles. The van der Waals surface area contributed by atoms with Gasteiger partial charge in [-0.3, -0.25) is 14.4 Å². The molecular formula is C32H43N7O2. The smallest absolute Gasteiger partial charge is 0.350 e. The zero-order valence-electron chi connectivity index (χ0n) is 25.1. The van der Waals surface area contributed by atoms with Crippen LogP contribution in [-0.4, -0.2) is 75.8 Å². The number of methoxy groups -OCH3 is 1. The first-order chi connectivity index (χ1) is 19.9. The Morgan fingerprint density at radius 3 is 2.37 bits per heavy atom. The molecule has 218 valence electrons. The zero-order valence-corrected chi connectivity index (χ0v) is 25.1. The molecule has 0 bridgehead atoms. The second-order valence-electron chi connectivity index (χ2n) is 11.5. The number of pyridine rings is 1. The Morgan fingerprint density at radius 1 is 1.02 bits per heavy atom. The first kappa shape index (κ1) is 29.2. The highest BCUT2D eigenvalue weighted by Crippen LogP contribution is 2.34. The van der Waals surface area contributed by atoms with Gasteiger partial charge in [-0.1, -0.05) is 44.7 Å². The van der Waals surface area contributed by atoms with E-state index < -0.39 is 0 Å². The quantitative estimate of drug-likeness (QED) is 0.364. The van der Waals surface area contributed by atoms with Crippen molar-refractivity contribution in [2.45, 2.75) is 77.2 Å². The van der Waals surface area contributed by atoms with E-state index in [2.05, 4.69) is 74.5 Å². The average molecular weight is 558 g/mol. The van der Waals surface area contributed by atoms with Crippen LogP contribution in [-0.2, 0) is 18.3 Å². The fraction of sp³-hybridized carbons (Fsp3) is 0.562. The molecule has 9 heteroatoms. The summed E-state index contributed by atoms with van der Waals surface area (Å²) in [5.74, 6) is 0.916. The Balaban J connectivity index is 1.35. The van der Waals surface area contributed by atoms with Crippen molar-refractivity contribution < 1.29 is 4.74 Å². The van der Waals surface area contributed by atoms with E-state index in [1.807, 2.05) is 13.2 Å². The number of rotatable bonds is 8. The van der Waals surface area contributed by atoms with Crippen LogP contribution in [0, 0.1) is 6.57 Å². The van der Waals surface area contributed by atoms with Crippen molar-refractivity contribution >= 4 is 22.7 Å². The minimum atomic E-state index is -0.299. The number of likely N-dealkylation sites (tertiary alicyclic amines) is 1. The molecule has 2 aromatic heterocycles. The summed E-state index contributed by atoms with van der Waals surface area (Å²) in [6, 6.07) is 13.4. The molecule has 0 radical (unpaired) electrons. The maximum Gasteiger partial charge on any atom is 0.350 e. The molecule has 2 aliphatic rings. The summed E-state index contributed by atoms with van der Waals surface area (Å²) in [6.07, 6.45) is 4.51. The Labute approximate surface area is 243 Å². The molecule has 0 saturated carbocycles. The Bertz CT molecular complexity index is 1440. The predicted molar refractivity (Wildman–Crippen MR) is 163 cm³/mol. The number of aromatic nitrogens is 3. The molecule has 2 saturated heterocycles. The van der Waals surface area contributed by atoms with Gasteiger partial charge in [0.15, 0.2) is 5.82 Å². The molecule has 0 spiro atoms. The minimum Gasteiger partial charge on any atom is -0.381 e. The van der Waals surface area contributed by atoms with Gasteiger partial charge in [-0.25, -0.2) is 4.79 Å². The summed E-state index contributed by atoms with van der Waals surface area (Å²) in [5.41, 5.74) is 3.71. The van der Waals surface area contributed by atoms with Gasteiger partial charge in [0.05, 0.1) is 11.6 Å². The van der Waals surface area contributed by atoms with E-state index in [0.29, 0.717) is 34.8 Å². The number of fused-ring (bicyclic) bond motifs is 1. The van der Waals surface area contributed by atoms with Crippen LogP contribution in [0.4, 0.5) is 11.6 Å². The lowest BCUT2D eigenvalue weighted by Gasteiger charge is -2.49. The van der Waals surface area contributed by atoms with Crippen LogP contribution in [0.2, 0.25) is 0 Å². The number of anilines is 1. The molecule has 2 fully saturated rings. The number of ether oxygens (including phenoxy) is 1. The molecule has 0 aliphatic carbocycles. The van der Waals surface area contributed by atoms with Gasteiger partial charge in [-0.05, 0) is 55.9 Å². The van der Waals surface area contributed by atoms with E-state index in [4.69, 9.17) is 11.3 Å². The minimum absolute atomic E-state index is 0.177. The molecule has 3 aromatic rings. The highest BCUT2D eigenvalue weighted by atomic mass is 16.5. The van der Waals surface area contributed by atoms with Crippen LogP contribution in [0.1, 0.15) is 63.6 Å². The van der Waals surface area contributed by atoms with Crippen LogP contribution >= 0.6 is 0 Å². The summed E-state index contributed by atoms with van der Waals surface area (Å²) >= 11 is 0. The summed E-state index contributed by atoms with van der Waals surface area (Å²) in [5, 5.41) is 0. The fourth-order valence-electron chi connectivity index (χ4n) is 6.53. The number of benzene rings is 1. The van der Waals surface area contributed by atoms with Crippen molar-refractivity contribution in [2.75, 3.05) is 38.2 Å². The molecule has 2 aliphatic heterocycles. The van der Waals surface area contributed by atoms with Gasteiger partial charge in [-0.15, -0.1) is 4.98 Å². The van der Waals surface area contributed by atoms with Crippen molar-refractivity contribution in [1.29, 1.82) is 0 Å². The van der Waals surface area contributed by atoms with Gasteiger partial charge in [0.25, 0.3) is 5.82 Å². The van der Waals surface area contributed by atoms with E-state index in [-0.39, 0.29) is 17.8 Å². The molecule has 1 unspecified atom stereocenters. The zero-order chi connectivity index (χ0) is 29.1. The molecule has 0 amide bonds. The third-order valence-electron chi connectivity index (χ3n) is 9.22. The van der Waals surface area contributed by atoms with Crippen LogP contribution in [0.5, 0.6) is 0 Å². The van der Waals surface area contributed by atoms with E-state index in [1.165, 1.54) is 15.7 Å². The number of aryl methyl sites for hydroxylation is 1. The second-order valence-corrected chi connectivity index (χ2v) is 11.5. The van der Waals surface area contributed by atoms with E-state index in [0.717, 1.165) is 58.4 Å². The maximum absolute atomic E-state index is 12.9. The van der Waals surface area contributed by atoms with Crippen LogP contribution in [0.25, 0.3) is 15.9 Å². The molecule has 0 N–H and O–H groups in total. The lowest BCUT2D eigenvalue weighted by molar-refractivity contribution is 0.0388. The summed E-state index contributed by atoms with van der Waals surface area (Å²) < 4.78 is 7.04. The van der Waals surface area contributed by atoms with Crippen LogP contribution < -0.4 is 10.6 Å². The highest BCUT2D eigenvalue weighted by Gasteiger charge is 2.37. The second kappa shape index (κ2) is 12.7. The first-order valence-electron chi connectivity index (χ1n) is 15.0. The number of nitrogens with zero attached hydrogens (tertiary/aromatic N) is 7. The molecule has 1 aromatic carbocycles. The molecule has 41 heavy (non-hydrogen) atoms. The maximum atomic E-state index is 12.9. The Hall–Kier alpha value is -3.32. The molecule has 3 atom stereocenters. The standard InChI is InChI=1S/C32H43N7O2/c1-7-25-21-39(31-30-28(36(5)32(40)35-31)13-14-29(33-4)34-30)26(8-2)20-38(25)22(3)24-11-9-23(10-12-24)19-37-17-15-27(41-6)16-18-37/h9-14,22,25-27H,7-8,15-21H2,1-3,5-6H3/t22?,25-,26+/m1/s1. The largest absolute Gasteiger partial charge is 0.381 e. The third-order valence-corrected chi connectivity index (χ3v) is 9.22. The van der Waals surface area contributed by atoms with Crippen molar-refractivity contribution in [2.24, 2.45) is 7.05 Å². The average Bonchev–Trinajstić information content (AvgIpc) is 3.02. The van der Waals surface area contributed by atoms with Crippen molar-refractivity contribution in [3.8, 4) is 0 Å². The molecule has 5 rings (SSSR count). The summed E-state index contributed by atoms with van der Waals surface area (Å²) in [7, 11) is 3.53. The van der Waals surface area contributed by atoms with Gasteiger partial charge >= 0.3 is 5.69 Å². The number of piperidine rings is 1. The van der Waals surface area contributed by atoms with Crippen molar-refractivity contribution in [1.82, 2.24) is 24.3 Å². The topological polar surface area (TPSA) is 71.1 Å². The molecule has 9 nitrogen and oxygen atoms in total. The number of hydrogen-bond acceptors (Lipinski definition) is 7. The Morgan fingerprint density at radius 2 is 1.73 bits per heavy atom. The van der Waals surface area contributed by atoms with E-state index in [9.17, 15) is 4.79 Å². The highest BCUT2D eigenvalue weighted by molar-refractivity contribution is 5.87. The number of hydrogen-bond donors (Lipinski definition) is 0. The van der Waals surface area contributed by atoms with Crippen LogP contribution in [0.15, 0.2) is 41.2 Å². The molecular weight excluding hydrogens is 514 g/mol. The first-order valence-corrected chi connectivity index (χ1v) is 15.0. The fourth-order valence-corrected chi connectivity index (χ4v) is 6.53. The van der Waals surface area contributed by atoms with Gasteiger partial charge in [0.2, 0.25) is 5.52 Å². The van der Waals surface area contributed by atoms with Gasteiger partial charge < -0.3 is 14.5 Å².